The van der Waals surface area contributed by atoms with Crippen LogP contribution in [0.25, 0.3) is 11.0 Å². The number of hydrogen-bond acceptors (Lipinski definition) is 6. The second-order valence-electron chi connectivity index (χ2n) is 9.41. The minimum absolute atomic E-state index is 0.0998. The summed E-state index contributed by atoms with van der Waals surface area (Å²) in [7, 11) is 0. The monoisotopic (exact) mass is 452 g/mol. The first-order chi connectivity index (χ1) is 15.3. The van der Waals surface area contributed by atoms with Crippen molar-refractivity contribution in [3.63, 3.8) is 0 Å². The predicted molar refractivity (Wildman–Crippen MR) is 126 cm³/mol. The molecule has 0 spiro atoms. The number of carbonyl (C=O) groups is 1. The Bertz CT molecular complexity index is 1200. The van der Waals surface area contributed by atoms with Crippen molar-refractivity contribution in [1.82, 2.24) is 24.2 Å². The van der Waals surface area contributed by atoms with Gasteiger partial charge in [0.2, 0.25) is 5.91 Å². The molecule has 2 aliphatic heterocycles. The SMILES string of the molecule is CC(C)(C)n1ncc2c(=O)n3c(nc21)SCC3CC(=O)N1CCN(c2ccccc2)CC1. The maximum atomic E-state index is 13.3. The molecule has 8 nitrogen and oxygen atoms in total. The minimum atomic E-state index is -0.263. The average molecular weight is 453 g/mol. The highest BCUT2D eigenvalue weighted by atomic mass is 32.2. The van der Waals surface area contributed by atoms with Crippen LogP contribution in [0.5, 0.6) is 0 Å². The molecule has 1 amide bonds. The van der Waals surface area contributed by atoms with E-state index in [1.54, 1.807) is 27.2 Å². The van der Waals surface area contributed by atoms with Crippen molar-refractivity contribution >= 4 is 34.4 Å². The van der Waals surface area contributed by atoms with Gasteiger partial charge in [0.05, 0.1) is 17.8 Å². The molecule has 2 aliphatic rings. The molecule has 168 valence electrons. The van der Waals surface area contributed by atoms with E-state index in [1.165, 1.54) is 5.69 Å². The van der Waals surface area contributed by atoms with Gasteiger partial charge in [0, 0.05) is 44.0 Å². The third-order valence-corrected chi connectivity index (χ3v) is 7.27. The van der Waals surface area contributed by atoms with Crippen molar-refractivity contribution < 1.29 is 4.79 Å². The van der Waals surface area contributed by atoms with Gasteiger partial charge in [-0.3, -0.25) is 14.2 Å². The molecule has 0 radical (unpaired) electrons. The van der Waals surface area contributed by atoms with E-state index in [9.17, 15) is 9.59 Å². The largest absolute Gasteiger partial charge is 0.368 e. The van der Waals surface area contributed by atoms with Crippen molar-refractivity contribution in [2.75, 3.05) is 36.8 Å². The highest BCUT2D eigenvalue weighted by Crippen LogP contribution is 2.34. The fourth-order valence-corrected chi connectivity index (χ4v) is 5.59. The maximum Gasteiger partial charge on any atom is 0.265 e. The topological polar surface area (TPSA) is 76.3 Å². The highest BCUT2D eigenvalue weighted by molar-refractivity contribution is 7.99. The van der Waals surface area contributed by atoms with Gasteiger partial charge in [0.15, 0.2) is 10.8 Å². The minimum Gasteiger partial charge on any atom is -0.368 e. The Morgan fingerprint density at radius 1 is 1.12 bits per heavy atom. The summed E-state index contributed by atoms with van der Waals surface area (Å²) >= 11 is 1.55. The van der Waals surface area contributed by atoms with Gasteiger partial charge in [0.25, 0.3) is 5.56 Å². The molecule has 2 aromatic heterocycles. The molecule has 0 aliphatic carbocycles. The first kappa shape index (κ1) is 21.1. The first-order valence-corrected chi connectivity index (χ1v) is 12.0. The van der Waals surface area contributed by atoms with Crippen LogP contribution in [0.15, 0.2) is 46.5 Å². The van der Waals surface area contributed by atoms with Gasteiger partial charge in [0.1, 0.15) is 5.39 Å². The van der Waals surface area contributed by atoms with Gasteiger partial charge >= 0.3 is 0 Å². The summed E-state index contributed by atoms with van der Waals surface area (Å²) in [6.45, 7) is 9.16. The van der Waals surface area contributed by atoms with Crippen LogP contribution in [0, 0.1) is 0 Å². The quantitative estimate of drug-likeness (QED) is 0.569. The molecule has 4 heterocycles. The molecule has 0 N–H and O–H groups in total. The third kappa shape index (κ3) is 3.68. The van der Waals surface area contributed by atoms with Gasteiger partial charge in [-0.25, -0.2) is 9.67 Å². The Balaban J connectivity index is 1.31. The molecule has 0 saturated carbocycles. The van der Waals surface area contributed by atoms with Gasteiger partial charge in [-0.1, -0.05) is 30.0 Å². The van der Waals surface area contributed by atoms with Crippen LogP contribution in [-0.2, 0) is 10.3 Å². The Morgan fingerprint density at radius 3 is 2.53 bits per heavy atom. The van der Waals surface area contributed by atoms with Crippen LogP contribution >= 0.6 is 11.8 Å². The van der Waals surface area contributed by atoms with Crippen LogP contribution in [0.2, 0.25) is 0 Å². The number of para-hydroxylation sites is 1. The zero-order chi connectivity index (χ0) is 22.5. The van der Waals surface area contributed by atoms with Crippen molar-refractivity contribution in [2.45, 2.75) is 43.9 Å². The lowest BCUT2D eigenvalue weighted by atomic mass is 10.1. The van der Waals surface area contributed by atoms with E-state index >= 15 is 0 Å². The molecule has 3 aromatic rings. The molecule has 9 heteroatoms. The first-order valence-electron chi connectivity index (χ1n) is 11.0. The lowest BCUT2D eigenvalue weighted by Crippen LogP contribution is -2.49. The Labute approximate surface area is 191 Å². The molecular formula is C23H28N6O2S. The summed E-state index contributed by atoms with van der Waals surface area (Å²) in [5.41, 5.74) is 1.45. The fourth-order valence-electron chi connectivity index (χ4n) is 4.46. The van der Waals surface area contributed by atoms with Gasteiger partial charge in [-0.15, -0.1) is 0 Å². The van der Waals surface area contributed by atoms with Crippen molar-refractivity contribution in [1.29, 1.82) is 0 Å². The summed E-state index contributed by atoms with van der Waals surface area (Å²) in [4.78, 5) is 35.3. The van der Waals surface area contributed by atoms with E-state index in [4.69, 9.17) is 4.98 Å². The number of anilines is 1. The maximum absolute atomic E-state index is 13.3. The van der Waals surface area contributed by atoms with Crippen molar-refractivity contribution in [2.24, 2.45) is 0 Å². The number of nitrogens with zero attached hydrogens (tertiary/aromatic N) is 6. The van der Waals surface area contributed by atoms with Gasteiger partial charge < -0.3 is 9.80 Å². The van der Waals surface area contributed by atoms with E-state index in [2.05, 4.69) is 22.1 Å². The molecule has 1 saturated heterocycles. The van der Waals surface area contributed by atoms with Crippen molar-refractivity contribution in [3.05, 3.63) is 46.9 Å². The van der Waals surface area contributed by atoms with Crippen LogP contribution < -0.4 is 10.5 Å². The normalized spacial score (nSPS) is 18.9. The smallest absolute Gasteiger partial charge is 0.265 e. The number of piperazine rings is 1. The summed E-state index contributed by atoms with van der Waals surface area (Å²) in [6.07, 6.45) is 1.93. The Hall–Kier alpha value is -2.81. The van der Waals surface area contributed by atoms with Crippen LogP contribution in [0.3, 0.4) is 0 Å². The van der Waals surface area contributed by atoms with Crippen LogP contribution in [-0.4, -0.2) is 62.1 Å². The third-order valence-electron chi connectivity index (χ3n) is 6.17. The van der Waals surface area contributed by atoms with E-state index < -0.39 is 0 Å². The molecule has 0 bridgehead atoms. The summed E-state index contributed by atoms with van der Waals surface area (Å²) < 4.78 is 3.51. The van der Waals surface area contributed by atoms with Crippen LogP contribution in [0.4, 0.5) is 5.69 Å². The lowest BCUT2D eigenvalue weighted by Gasteiger charge is -2.36. The Morgan fingerprint density at radius 2 is 1.84 bits per heavy atom. The number of aromatic nitrogens is 4. The highest BCUT2D eigenvalue weighted by Gasteiger charge is 2.32. The molecule has 5 rings (SSSR count). The number of amides is 1. The predicted octanol–water partition coefficient (Wildman–Crippen LogP) is 2.73. The molecular weight excluding hydrogens is 424 g/mol. The summed E-state index contributed by atoms with van der Waals surface area (Å²) in [5.74, 6) is 0.793. The number of thioether (sulfide) groups is 1. The molecule has 1 unspecified atom stereocenters. The van der Waals surface area contributed by atoms with Gasteiger partial charge in [-0.2, -0.15) is 5.10 Å². The van der Waals surface area contributed by atoms with Crippen molar-refractivity contribution in [3.8, 4) is 0 Å². The zero-order valence-electron chi connectivity index (χ0n) is 18.7. The second kappa shape index (κ2) is 7.95. The second-order valence-corrected chi connectivity index (χ2v) is 10.4. The average Bonchev–Trinajstić information content (AvgIpc) is 3.39. The van der Waals surface area contributed by atoms with E-state index in [0.29, 0.717) is 41.5 Å². The number of rotatable bonds is 3. The number of carbonyl (C=O) groups excluding carboxylic acids is 1. The number of hydrogen-bond donors (Lipinski definition) is 0. The molecule has 1 aromatic carbocycles. The fraction of sp³-hybridized carbons (Fsp3) is 0.478. The summed E-state index contributed by atoms with van der Waals surface area (Å²) in [5, 5.41) is 5.61. The van der Waals surface area contributed by atoms with Gasteiger partial charge in [-0.05, 0) is 32.9 Å². The number of fused-ring (bicyclic) bond motifs is 2. The van der Waals surface area contributed by atoms with Crippen LogP contribution in [0.1, 0.15) is 33.2 Å². The Kier molecular flexibility index (Phi) is 5.23. The number of benzene rings is 1. The summed E-state index contributed by atoms with van der Waals surface area (Å²) in [6, 6.07) is 10.1. The molecule has 32 heavy (non-hydrogen) atoms. The standard InChI is InChI=1S/C23H28N6O2S/c1-23(2,3)29-20-18(14-24-29)21(31)28-17(15-32-22(28)25-20)13-19(30)27-11-9-26(10-12-27)16-7-5-4-6-8-16/h4-8,14,17H,9-13,15H2,1-3H3. The molecule has 1 fully saturated rings. The molecule has 1 atom stereocenters. The lowest BCUT2D eigenvalue weighted by molar-refractivity contribution is -0.132. The van der Waals surface area contributed by atoms with E-state index in [0.717, 1.165) is 13.1 Å². The van der Waals surface area contributed by atoms with E-state index in [1.807, 2.05) is 43.9 Å². The van der Waals surface area contributed by atoms with E-state index in [-0.39, 0.29) is 23.0 Å². The zero-order valence-corrected chi connectivity index (χ0v) is 19.5.